The molecule has 128 valence electrons. The Labute approximate surface area is 150 Å². The van der Waals surface area contributed by atoms with E-state index in [1.807, 2.05) is 0 Å². The minimum Gasteiger partial charge on any atom is -0.361 e. The summed E-state index contributed by atoms with van der Waals surface area (Å²) in [6, 6.07) is 19.5. The van der Waals surface area contributed by atoms with Crippen LogP contribution in [0.2, 0.25) is 0 Å². The molecule has 4 rings (SSSR count). The molecule has 2 heteroatoms. The molecule has 0 radical (unpaired) electrons. The van der Waals surface area contributed by atoms with Crippen LogP contribution in [0.5, 0.6) is 0 Å². The highest BCUT2D eigenvalue weighted by atomic mass is 15.1. The highest BCUT2D eigenvalue weighted by Gasteiger charge is 2.16. The number of unbranched alkanes of at least 4 members (excludes halogenated alkanes) is 1. The van der Waals surface area contributed by atoms with Crippen molar-refractivity contribution in [2.45, 2.75) is 25.2 Å². The number of aromatic nitrogens is 1. The minimum atomic E-state index is 0.545. The standard InChI is InChI=1S/C23H26N2/c1-2-9-19(10-3-1)21-12-8-16-25(18-21)15-7-6-11-20-17-24-23-14-5-4-13-22(20)23/h1-5,8-10,12-14,17,21,24H,6-7,11,15-16,18H2. The first-order chi connectivity index (χ1) is 12.4. The van der Waals surface area contributed by atoms with Crippen molar-refractivity contribution in [1.82, 2.24) is 9.88 Å². The third-order valence-electron chi connectivity index (χ3n) is 5.26. The molecule has 0 saturated heterocycles. The van der Waals surface area contributed by atoms with Gasteiger partial charge in [-0.2, -0.15) is 0 Å². The number of aryl methyl sites for hydroxylation is 1. The van der Waals surface area contributed by atoms with Gasteiger partial charge in [-0.3, -0.25) is 4.90 Å². The molecule has 1 unspecified atom stereocenters. The smallest absolute Gasteiger partial charge is 0.0456 e. The van der Waals surface area contributed by atoms with E-state index in [2.05, 4.69) is 82.8 Å². The summed E-state index contributed by atoms with van der Waals surface area (Å²) in [7, 11) is 0. The Morgan fingerprint density at radius 2 is 1.80 bits per heavy atom. The number of para-hydroxylation sites is 1. The molecule has 1 aromatic heterocycles. The van der Waals surface area contributed by atoms with E-state index in [0.717, 1.165) is 19.5 Å². The topological polar surface area (TPSA) is 19.0 Å². The Morgan fingerprint density at radius 1 is 0.960 bits per heavy atom. The predicted octanol–water partition coefficient (Wildman–Crippen LogP) is 5.15. The third-order valence-corrected chi connectivity index (χ3v) is 5.26. The third kappa shape index (κ3) is 3.85. The Kier molecular flexibility index (Phi) is 4.98. The van der Waals surface area contributed by atoms with E-state index in [-0.39, 0.29) is 0 Å². The summed E-state index contributed by atoms with van der Waals surface area (Å²) in [5.41, 5.74) is 4.14. The molecule has 1 N–H and O–H groups in total. The van der Waals surface area contributed by atoms with Gasteiger partial charge in [-0.1, -0.05) is 60.7 Å². The Morgan fingerprint density at radius 3 is 2.72 bits per heavy atom. The maximum atomic E-state index is 3.38. The molecular weight excluding hydrogens is 304 g/mol. The second-order valence-electron chi connectivity index (χ2n) is 7.02. The average Bonchev–Trinajstić information content (AvgIpc) is 3.09. The van der Waals surface area contributed by atoms with Gasteiger partial charge >= 0.3 is 0 Å². The number of H-pyrrole nitrogens is 1. The van der Waals surface area contributed by atoms with Crippen LogP contribution >= 0.6 is 0 Å². The molecule has 2 heterocycles. The van der Waals surface area contributed by atoms with Crippen molar-refractivity contribution < 1.29 is 0 Å². The Balaban J connectivity index is 1.27. The van der Waals surface area contributed by atoms with Crippen molar-refractivity contribution in [2.24, 2.45) is 0 Å². The van der Waals surface area contributed by atoms with Gasteiger partial charge in [0, 0.05) is 36.1 Å². The molecule has 0 bridgehead atoms. The molecule has 0 saturated carbocycles. The number of benzene rings is 2. The van der Waals surface area contributed by atoms with Gasteiger partial charge < -0.3 is 4.98 Å². The number of nitrogens with one attached hydrogen (secondary N) is 1. The first-order valence-corrected chi connectivity index (χ1v) is 9.39. The molecule has 3 aromatic rings. The van der Waals surface area contributed by atoms with E-state index in [1.165, 1.54) is 41.4 Å². The van der Waals surface area contributed by atoms with Gasteiger partial charge in [0.15, 0.2) is 0 Å². The number of rotatable bonds is 6. The van der Waals surface area contributed by atoms with Gasteiger partial charge in [0.25, 0.3) is 0 Å². The normalized spacial score (nSPS) is 18.0. The van der Waals surface area contributed by atoms with Crippen LogP contribution in [0.4, 0.5) is 0 Å². The highest BCUT2D eigenvalue weighted by molar-refractivity contribution is 5.82. The minimum absolute atomic E-state index is 0.545. The summed E-state index contributed by atoms with van der Waals surface area (Å²) >= 11 is 0. The number of aromatic amines is 1. The van der Waals surface area contributed by atoms with Crippen molar-refractivity contribution in [2.75, 3.05) is 19.6 Å². The lowest BCUT2D eigenvalue weighted by Crippen LogP contribution is -2.32. The van der Waals surface area contributed by atoms with Crippen LogP contribution < -0.4 is 0 Å². The second-order valence-corrected chi connectivity index (χ2v) is 7.02. The highest BCUT2D eigenvalue weighted by Crippen LogP contribution is 2.23. The van der Waals surface area contributed by atoms with Gasteiger partial charge in [-0.15, -0.1) is 0 Å². The quantitative estimate of drug-likeness (QED) is 0.489. The van der Waals surface area contributed by atoms with Gasteiger partial charge in [-0.05, 0) is 43.0 Å². The molecule has 0 spiro atoms. The molecule has 2 aromatic carbocycles. The number of hydrogen-bond donors (Lipinski definition) is 1. The fourth-order valence-electron chi connectivity index (χ4n) is 3.88. The Hall–Kier alpha value is -2.32. The number of fused-ring (bicyclic) bond motifs is 1. The van der Waals surface area contributed by atoms with Crippen LogP contribution in [0, 0.1) is 0 Å². The van der Waals surface area contributed by atoms with Crippen LogP contribution in [-0.4, -0.2) is 29.5 Å². The molecular formula is C23H26N2. The second kappa shape index (κ2) is 7.71. The fourth-order valence-corrected chi connectivity index (χ4v) is 3.88. The van der Waals surface area contributed by atoms with E-state index in [1.54, 1.807) is 0 Å². The average molecular weight is 330 g/mol. The zero-order valence-corrected chi connectivity index (χ0v) is 14.7. The summed E-state index contributed by atoms with van der Waals surface area (Å²) in [5, 5.41) is 1.38. The SMILES string of the molecule is C1=CC(c2ccccc2)CN(CCCCc2c[nH]c3ccccc23)C1. The first kappa shape index (κ1) is 16.2. The summed E-state index contributed by atoms with van der Waals surface area (Å²) in [6.07, 6.45) is 10.6. The summed E-state index contributed by atoms with van der Waals surface area (Å²) in [6.45, 7) is 3.43. The van der Waals surface area contributed by atoms with Gasteiger partial charge in [0.05, 0.1) is 0 Å². The number of hydrogen-bond acceptors (Lipinski definition) is 1. The van der Waals surface area contributed by atoms with Gasteiger partial charge in [0.1, 0.15) is 0 Å². The molecule has 0 aliphatic carbocycles. The lowest BCUT2D eigenvalue weighted by atomic mass is 9.95. The summed E-state index contributed by atoms with van der Waals surface area (Å²) < 4.78 is 0. The van der Waals surface area contributed by atoms with E-state index in [4.69, 9.17) is 0 Å². The molecule has 1 atom stereocenters. The van der Waals surface area contributed by atoms with Crippen LogP contribution in [0.25, 0.3) is 10.9 Å². The van der Waals surface area contributed by atoms with Crippen LogP contribution in [-0.2, 0) is 6.42 Å². The van der Waals surface area contributed by atoms with Crippen molar-refractivity contribution in [3.8, 4) is 0 Å². The maximum absolute atomic E-state index is 3.38. The first-order valence-electron chi connectivity index (χ1n) is 9.39. The van der Waals surface area contributed by atoms with Crippen molar-refractivity contribution in [3.05, 3.63) is 84.1 Å². The van der Waals surface area contributed by atoms with E-state index < -0.39 is 0 Å². The van der Waals surface area contributed by atoms with E-state index in [9.17, 15) is 0 Å². The Bertz CT molecular complexity index is 831. The molecule has 1 aliphatic heterocycles. The molecule has 0 fully saturated rings. The van der Waals surface area contributed by atoms with Crippen molar-refractivity contribution >= 4 is 10.9 Å². The molecule has 1 aliphatic rings. The van der Waals surface area contributed by atoms with Crippen LogP contribution in [0.15, 0.2) is 72.9 Å². The monoisotopic (exact) mass is 330 g/mol. The van der Waals surface area contributed by atoms with E-state index >= 15 is 0 Å². The number of nitrogens with zero attached hydrogens (tertiary/aromatic N) is 1. The van der Waals surface area contributed by atoms with Crippen molar-refractivity contribution in [3.63, 3.8) is 0 Å². The summed E-state index contributed by atoms with van der Waals surface area (Å²) in [5.74, 6) is 0.545. The largest absolute Gasteiger partial charge is 0.361 e. The molecule has 0 amide bonds. The maximum Gasteiger partial charge on any atom is 0.0456 e. The van der Waals surface area contributed by atoms with Gasteiger partial charge in [0.2, 0.25) is 0 Å². The van der Waals surface area contributed by atoms with Crippen LogP contribution in [0.1, 0.15) is 29.9 Å². The lowest BCUT2D eigenvalue weighted by Gasteiger charge is -2.29. The lowest BCUT2D eigenvalue weighted by molar-refractivity contribution is 0.278. The molecule has 2 nitrogen and oxygen atoms in total. The summed E-state index contributed by atoms with van der Waals surface area (Å²) in [4.78, 5) is 5.97. The predicted molar refractivity (Wildman–Crippen MR) is 106 cm³/mol. The van der Waals surface area contributed by atoms with Gasteiger partial charge in [-0.25, -0.2) is 0 Å². The zero-order chi connectivity index (χ0) is 16.9. The van der Waals surface area contributed by atoms with Crippen molar-refractivity contribution in [1.29, 1.82) is 0 Å². The van der Waals surface area contributed by atoms with E-state index in [0.29, 0.717) is 5.92 Å². The fraction of sp³-hybridized carbons (Fsp3) is 0.304. The zero-order valence-electron chi connectivity index (χ0n) is 14.7. The van der Waals surface area contributed by atoms with Crippen LogP contribution in [0.3, 0.4) is 0 Å². The molecule has 25 heavy (non-hydrogen) atoms.